The predicted octanol–water partition coefficient (Wildman–Crippen LogP) is 2.82. The summed E-state index contributed by atoms with van der Waals surface area (Å²) < 4.78 is 0. The summed E-state index contributed by atoms with van der Waals surface area (Å²) in [6, 6.07) is 18.1. The lowest BCUT2D eigenvalue weighted by Gasteiger charge is -2.09. The van der Waals surface area contributed by atoms with Gasteiger partial charge >= 0.3 is 0 Å². The van der Waals surface area contributed by atoms with Crippen LogP contribution in [0.3, 0.4) is 0 Å². The Kier molecular flexibility index (Phi) is 6.36. The number of nitrogens with two attached hydrogens (primary N) is 1. The Morgan fingerprint density at radius 2 is 1.71 bits per heavy atom. The van der Waals surface area contributed by atoms with E-state index in [0.29, 0.717) is 36.3 Å². The highest BCUT2D eigenvalue weighted by molar-refractivity contribution is 6.05. The van der Waals surface area contributed by atoms with Gasteiger partial charge in [0.2, 0.25) is 5.91 Å². The molecule has 142 valence electrons. The number of aromatic nitrogens is 1. The molecule has 3 aromatic rings. The lowest BCUT2D eigenvalue weighted by molar-refractivity contribution is -0.120. The molecule has 6 nitrogen and oxygen atoms in total. The van der Waals surface area contributed by atoms with Gasteiger partial charge in [-0.2, -0.15) is 0 Å². The molecule has 0 atom stereocenters. The molecule has 2 aromatic carbocycles. The van der Waals surface area contributed by atoms with Crippen LogP contribution in [0.15, 0.2) is 73.1 Å². The fraction of sp³-hybridized carbons (Fsp3) is 0.136. The summed E-state index contributed by atoms with van der Waals surface area (Å²) in [5, 5.41) is 5.70. The number of rotatable bonds is 7. The molecule has 0 radical (unpaired) electrons. The van der Waals surface area contributed by atoms with Crippen molar-refractivity contribution in [3.63, 3.8) is 0 Å². The minimum absolute atomic E-state index is 0.0375. The van der Waals surface area contributed by atoms with E-state index in [2.05, 4.69) is 15.6 Å². The first-order chi connectivity index (χ1) is 13.6. The van der Waals surface area contributed by atoms with Crippen LogP contribution in [0.2, 0.25) is 0 Å². The first-order valence-corrected chi connectivity index (χ1v) is 9.02. The van der Waals surface area contributed by atoms with E-state index in [1.54, 1.807) is 36.7 Å². The highest BCUT2D eigenvalue weighted by atomic mass is 16.2. The van der Waals surface area contributed by atoms with Crippen molar-refractivity contribution in [2.45, 2.75) is 12.8 Å². The molecule has 1 heterocycles. The third kappa shape index (κ3) is 5.41. The quantitative estimate of drug-likeness (QED) is 0.554. The maximum atomic E-state index is 12.3. The molecule has 0 bridgehead atoms. The Balaban J connectivity index is 1.47. The van der Waals surface area contributed by atoms with E-state index in [1.165, 1.54) is 0 Å². The van der Waals surface area contributed by atoms with Crippen LogP contribution >= 0.6 is 0 Å². The Bertz CT molecular complexity index is 940. The van der Waals surface area contributed by atoms with Crippen LogP contribution in [-0.2, 0) is 17.6 Å². The summed E-state index contributed by atoms with van der Waals surface area (Å²) in [7, 11) is 0. The first kappa shape index (κ1) is 19.1. The van der Waals surface area contributed by atoms with Crippen molar-refractivity contribution in [1.82, 2.24) is 10.3 Å². The number of benzene rings is 2. The van der Waals surface area contributed by atoms with E-state index < -0.39 is 0 Å². The molecule has 1 aromatic heterocycles. The van der Waals surface area contributed by atoms with E-state index in [0.717, 1.165) is 11.1 Å². The number of hydrogen-bond donors (Lipinski definition) is 3. The van der Waals surface area contributed by atoms with Gasteiger partial charge in [0.05, 0.1) is 17.8 Å². The zero-order chi connectivity index (χ0) is 19.8. The average molecular weight is 374 g/mol. The summed E-state index contributed by atoms with van der Waals surface area (Å²) in [5.41, 5.74) is 9.43. The van der Waals surface area contributed by atoms with E-state index >= 15 is 0 Å². The molecule has 28 heavy (non-hydrogen) atoms. The molecule has 0 aliphatic carbocycles. The van der Waals surface area contributed by atoms with Crippen LogP contribution in [0.4, 0.5) is 11.4 Å². The number of nitrogens with zero attached hydrogens (tertiary/aromatic N) is 1. The molecule has 0 unspecified atom stereocenters. The molecular formula is C22H22N4O2. The van der Waals surface area contributed by atoms with Gasteiger partial charge in [0.1, 0.15) is 0 Å². The standard InChI is InChI=1S/C22H22N4O2/c23-19-5-1-2-6-20(19)26-22(28)18-9-7-16(8-10-18)11-13-25-21(27)14-17-4-3-12-24-15-17/h1-10,12,15H,11,13-14,23H2,(H,25,27)(H,26,28). The normalized spacial score (nSPS) is 10.3. The summed E-state index contributed by atoms with van der Waals surface area (Å²) in [4.78, 5) is 28.3. The number of amides is 2. The Morgan fingerprint density at radius 3 is 2.43 bits per heavy atom. The van der Waals surface area contributed by atoms with E-state index in [1.807, 2.05) is 36.4 Å². The van der Waals surface area contributed by atoms with Gasteiger partial charge in [-0.15, -0.1) is 0 Å². The molecule has 0 fully saturated rings. The van der Waals surface area contributed by atoms with Gasteiger partial charge in [-0.3, -0.25) is 14.6 Å². The Labute approximate surface area is 163 Å². The van der Waals surface area contributed by atoms with Crippen LogP contribution in [0, 0.1) is 0 Å². The number of para-hydroxylation sites is 2. The molecule has 3 rings (SSSR count). The average Bonchev–Trinajstić information content (AvgIpc) is 2.71. The van der Waals surface area contributed by atoms with Crippen LogP contribution < -0.4 is 16.4 Å². The largest absolute Gasteiger partial charge is 0.397 e. The van der Waals surface area contributed by atoms with E-state index in [4.69, 9.17) is 5.73 Å². The SMILES string of the molecule is Nc1ccccc1NC(=O)c1ccc(CCNC(=O)Cc2cccnc2)cc1. The summed E-state index contributed by atoms with van der Waals surface area (Å²) >= 11 is 0. The van der Waals surface area contributed by atoms with E-state index in [9.17, 15) is 9.59 Å². The zero-order valence-electron chi connectivity index (χ0n) is 15.4. The molecule has 2 amide bonds. The van der Waals surface area contributed by atoms with Gasteiger partial charge in [0.15, 0.2) is 0 Å². The maximum absolute atomic E-state index is 12.3. The van der Waals surface area contributed by atoms with Crippen LogP contribution in [0.1, 0.15) is 21.5 Å². The fourth-order valence-electron chi connectivity index (χ4n) is 2.72. The monoisotopic (exact) mass is 374 g/mol. The van der Waals surface area contributed by atoms with Gasteiger partial charge in [0.25, 0.3) is 5.91 Å². The number of nitrogen functional groups attached to an aromatic ring is 1. The summed E-state index contributed by atoms with van der Waals surface area (Å²) in [5.74, 6) is -0.251. The van der Waals surface area contributed by atoms with Crippen LogP contribution in [-0.4, -0.2) is 23.3 Å². The van der Waals surface area contributed by atoms with Gasteiger partial charge in [-0.25, -0.2) is 0 Å². The Hall–Kier alpha value is -3.67. The van der Waals surface area contributed by atoms with Gasteiger partial charge in [0, 0.05) is 24.5 Å². The second kappa shape index (κ2) is 9.32. The lowest BCUT2D eigenvalue weighted by atomic mass is 10.1. The zero-order valence-corrected chi connectivity index (χ0v) is 15.4. The maximum Gasteiger partial charge on any atom is 0.255 e. The second-order valence-electron chi connectivity index (χ2n) is 6.38. The minimum Gasteiger partial charge on any atom is -0.397 e. The molecule has 4 N–H and O–H groups in total. The number of nitrogens with one attached hydrogen (secondary N) is 2. The Morgan fingerprint density at radius 1 is 0.929 bits per heavy atom. The highest BCUT2D eigenvalue weighted by Crippen LogP contribution is 2.18. The molecule has 0 aliphatic heterocycles. The number of carbonyl (C=O) groups excluding carboxylic acids is 2. The minimum atomic E-state index is -0.214. The number of pyridine rings is 1. The molecule has 6 heteroatoms. The number of carbonyl (C=O) groups is 2. The van der Waals surface area contributed by atoms with Crippen molar-refractivity contribution in [1.29, 1.82) is 0 Å². The smallest absolute Gasteiger partial charge is 0.255 e. The molecular weight excluding hydrogens is 352 g/mol. The van der Waals surface area contributed by atoms with Crippen molar-refractivity contribution in [3.05, 3.63) is 89.7 Å². The molecule has 0 saturated heterocycles. The van der Waals surface area contributed by atoms with Gasteiger partial charge < -0.3 is 16.4 Å². The van der Waals surface area contributed by atoms with Crippen molar-refractivity contribution >= 4 is 23.2 Å². The van der Waals surface area contributed by atoms with Crippen molar-refractivity contribution in [2.75, 3.05) is 17.6 Å². The van der Waals surface area contributed by atoms with E-state index in [-0.39, 0.29) is 11.8 Å². The van der Waals surface area contributed by atoms with Crippen LogP contribution in [0.25, 0.3) is 0 Å². The number of hydrogen-bond acceptors (Lipinski definition) is 4. The summed E-state index contributed by atoms with van der Waals surface area (Å²) in [6.45, 7) is 0.533. The van der Waals surface area contributed by atoms with Crippen molar-refractivity contribution in [3.8, 4) is 0 Å². The third-order valence-corrected chi connectivity index (χ3v) is 4.25. The molecule has 0 aliphatic rings. The predicted molar refractivity (Wildman–Crippen MR) is 110 cm³/mol. The lowest BCUT2D eigenvalue weighted by Crippen LogP contribution is -2.27. The topological polar surface area (TPSA) is 97.1 Å². The second-order valence-corrected chi connectivity index (χ2v) is 6.38. The first-order valence-electron chi connectivity index (χ1n) is 9.02. The summed E-state index contributed by atoms with van der Waals surface area (Å²) in [6.07, 6.45) is 4.37. The molecule has 0 spiro atoms. The van der Waals surface area contributed by atoms with Crippen molar-refractivity contribution < 1.29 is 9.59 Å². The molecule has 0 saturated carbocycles. The highest BCUT2D eigenvalue weighted by Gasteiger charge is 2.08. The van der Waals surface area contributed by atoms with Gasteiger partial charge in [-0.05, 0) is 47.9 Å². The number of anilines is 2. The van der Waals surface area contributed by atoms with Crippen molar-refractivity contribution in [2.24, 2.45) is 0 Å². The fourth-order valence-corrected chi connectivity index (χ4v) is 2.72. The van der Waals surface area contributed by atoms with Gasteiger partial charge in [-0.1, -0.05) is 30.3 Å². The van der Waals surface area contributed by atoms with Crippen LogP contribution in [0.5, 0.6) is 0 Å². The third-order valence-electron chi connectivity index (χ3n) is 4.25.